The van der Waals surface area contributed by atoms with Gasteiger partial charge >= 0.3 is 0 Å². The monoisotopic (exact) mass is 345 g/mol. The van der Waals surface area contributed by atoms with E-state index in [4.69, 9.17) is 4.43 Å². The van der Waals surface area contributed by atoms with E-state index in [1.165, 1.54) is 51.5 Å². The first kappa shape index (κ1) is 23.1. The first-order valence-corrected chi connectivity index (χ1v) is 11.2. The third-order valence-corrected chi connectivity index (χ3v) is 5.64. The molecule has 0 radical (unpaired) electrons. The summed E-state index contributed by atoms with van der Waals surface area (Å²) in [5.41, 5.74) is 0.0466. The third-order valence-electron chi connectivity index (χ3n) is 3.96. The second-order valence-corrected chi connectivity index (χ2v) is 8.91. The van der Waals surface area contributed by atoms with Crippen LogP contribution < -0.4 is 5.32 Å². The minimum atomic E-state index is -0.383. The standard InChI is InChI=1S/C18H43N3OSi/c1-7-11-19-12-9-14-21(15-10-13-20(6)8-2)16-17-23-22-18(3,4)5/h19H,7-17,23H2,1-6H3. The minimum Gasteiger partial charge on any atom is -0.419 e. The number of nitrogens with one attached hydrogen (secondary N) is 1. The van der Waals surface area contributed by atoms with Crippen molar-refractivity contribution in [2.75, 3.05) is 52.9 Å². The third kappa shape index (κ3) is 16.7. The Balaban J connectivity index is 3.95. The second kappa shape index (κ2) is 14.4. The van der Waals surface area contributed by atoms with E-state index in [0.717, 1.165) is 19.6 Å². The number of hydrogen-bond donors (Lipinski definition) is 1. The van der Waals surface area contributed by atoms with Crippen LogP contribution in [0.2, 0.25) is 6.04 Å². The van der Waals surface area contributed by atoms with Crippen LogP contribution in [-0.2, 0) is 4.43 Å². The molecule has 0 aromatic rings. The van der Waals surface area contributed by atoms with Gasteiger partial charge in [-0.15, -0.1) is 0 Å². The van der Waals surface area contributed by atoms with E-state index >= 15 is 0 Å². The van der Waals surface area contributed by atoms with Gasteiger partial charge in [0.2, 0.25) is 0 Å². The Morgan fingerprint density at radius 3 is 2.26 bits per heavy atom. The Morgan fingerprint density at radius 1 is 0.957 bits per heavy atom. The predicted octanol–water partition coefficient (Wildman–Crippen LogP) is 2.34. The van der Waals surface area contributed by atoms with Gasteiger partial charge in [0.05, 0.1) is 0 Å². The molecule has 0 spiro atoms. The molecule has 23 heavy (non-hydrogen) atoms. The predicted molar refractivity (Wildman–Crippen MR) is 106 cm³/mol. The van der Waals surface area contributed by atoms with E-state index in [1.807, 2.05) is 0 Å². The Labute approximate surface area is 148 Å². The summed E-state index contributed by atoms with van der Waals surface area (Å²) in [7, 11) is 1.83. The normalized spacial score (nSPS) is 13.0. The zero-order chi connectivity index (χ0) is 17.6. The van der Waals surface area contributed by atoms with Crippen molar-refractivity contribution in [3.63, 3.8) is 0 Å². The van der Waals surface area contributed by atoms with Crippen molar-refractivity contribution < 1.29 is 4.43 Å². The lowest BCUT2D eigenvalue weighted by atomic mass is 10.2. The van der Waals surface area contributed by atoms with Gasteiger partial charge in [-0.05, 0) is 98.9 Å². The van der Waals surface area contributed by atoms with Gasteiger partial charge in [-0.25, -0.2) is 0 Å². The molecule has 5 heteroatoms. The Kier molecular flexibility index (Phi) is 14.4. The van der Waals surface area contributed by atoms with Gasteiger partial charge in [-0.1, -0.05) is 13.8 Å². The van der Waals surface area contributed by atoms with Crippen LogP contribution in [-0.4, -0.2) is 78.0 Å². The van der Waals surface area contributed by atoms with Crippen molar-refractivity contribution in [1.82, 2.24) is 15.1 Å². The van der Waals surface area contributed by atoms with Gasteiger partial charge in [0.1, 0.15) is 0 Å². The van der Waals surface area contributed by atoms with Crippen LogP contribution in [0.3, 0.4) is 0 Å². The second-order valence-electron chi connectivity index (χ2n) is 7.51. The lowest BCUT2D eigenvalue weighted by Gasteiger charge is -2.25. The fourth-order valence-electron chi connectivity index (χ4n) is 2.45. The number of rotatable bonds is 15. The molecule has 140 valence electrons. The molecule has 0 atom stereocenters. The van der Waals surface area contributed by atoms with Crippen LogP contribution in [0.5, 0.6) is 0 Å². The van der Waals surface area contributed by atoms with E-state index in [2.05, 4.69) is 56.8 Å². The maximum atomic E-state index is 5.99. The van der Waals surface area contributed by atoms with Gasteiger partial charge in [0, 0.05) is 5.60 Å². The molecule has 0 saturated carbocycles. The highest BCUT2D eigenvalue weighted by molar-refractivity contribution is 6.27. The quantitative estimate of drug-likeness (QED) is 0.364. The van der Waals surface area contributed by atoms with E-state index in [0.29, 0.717) is 0 Å². The lowest BCUT2D eigenvalue weighted by molar-refractivity contribution is 0.136. The summed E-state index contributed by atoms with van der Waals surface area (Å²) in [6.07, 6.45) is 3.75. The van der Waals surface area contributed by atoms with E-state index in [9.17, 15) is 0 Å². The molecule has 0 aliphatic heterocycles. The van der Waals surface area contributed by atoms with Crippen molar-refractivity contribution in [3.8, 4) is 0 Å². The van der Waals surface area contributed by atoms with Crippen molar-refractivity contribution >= 4 is 9.76 Å². The molecule has 0 aliphatic rings. The molecule has 0 rings (SSSR count). The molecule has 0 heterocycles. The number of hydrogen-bond acceptors (Lipinski definition) is 4. The fraction of sp³-hybridized carbons (Fsp3) is 1.00. The van der Waals surface area contributed by atoms with Crippen molar-refractivity contribution in [2.24, 2.45) is 0 Å². The zero-order valence-electron chi connectivity index (χ0n) is 16.8. The Morgan fingerprint density at radius 2 is 1.65 bits per heavy atom. The molecule has 0 aromatic heterocycles. The average molecular weight is 346 g/mol. The summed E-state index contributed by atoms with van der Waals surface area (Å²) in [4.78, 5) is 5.05. The molecule has 0 saturated heterocycles. The highest BCUT2D eigenvalue weighted by atomic mass is 28.2. The summed E-state index contributed by atoms with van der Waals surface area (Å²) >= 11 is 0. The molecular weight excluding hydrogens is 302 g/mol. The minimum absolute atomic E-state index is 0.0466. The maximum absolute atomic E-state index is 5.99. The van der Waals surface area contributed by atoms with Crippen LogP contribution in [0.15, 0.2) is 0 Å². The Bertz CT molecular complexity index is 259. The SMILES string of the molecule is CCCNCCCN(CCCN(C)CC)CC[SiH2]OC(C)(C)C. The van der Waals surface area contributed by atoms with E-state index in [1.54, 1.807) is 0 Å². The molecule has 0 unspecified atom stereocenters. The highest BCUT2D eigenvalue weighted by Gasteiger charge is 2.10. The molecule has 0 amide bonds. The largest absolute Gasteiger partial charge is 0.419 e. The summed E-state index contributed by atoms with van der Waals surface area (Å²) in [6.45, 7) is 19.3. The fourth-order valence-corrected chi connectivity index (χ4v) is 3.79. The van der Waals surface area contributed by atoms with Crippen molar-refractivity contribution in [3.05, 3.63) is 0 Å². The van der Waals surface area contributed by atoms with Crippen LogP contribution in [0.1, 0.15) is 53.9 Å². The molecule has 4 nitrogen and oxygen atoms in total. The van der Waals surface area contributed by atoms with Crippen LogP contribution in [0.25, 0.3) is 0 Å². The molecule has 0 bridgehead atoms. The summed E-state index contributed by atoms with van der Waals surface area (Å²) in [5, 5.41) is 3.51. The van der Waals surface area contributed by atoms with Gasteiger partial charge in [0.15, 0.2) is 9.76 Å². The highest BCUT2D eigenvalue weighted by Crippen LogP contribution is 2.06. The number of nitrogens with zero attached hydrogens (tertiary/aromatic N) is 2. The van der Waals surface area contributed by atoms with Crippen molar-refractivity contribution in [1.29, 1.82) is 0 Å². The summed E-state index contributed by atoms with van der Waals surface area (Å²) in [5.74, 6) is 0. The van der Waals surface area contributed by atoms with Crippen molar-refractivity contribution in [2.45, 2.75) is 65.5 Å². The van der Waals surface area contributed by atoms with Gasteiger partial charge in [-0.3, -0.25) is 0 Å². The molecule has 1 N–H and O–H groups in total. The maximum Gasteiger partial charge on any atom is 0.163 e. The van der Waals surface area contributed by atoms with Gasteiger partial charge in [-0.2, -0.15) is 0 Å². The smallest absolute Gasteiger partial charge is 0.163 e. The molecular formula is C18H43N3OSi. The average Bonchev–Trinajstić information content (AvgIpc) is 2.49. The topological polar surface area (TPSA) is 27.7 Å². The Hall–Kier alpha value is 0.0569. The van der Waals surface area contributed by atoms with E-state index in [-0.39, 0.29) is 15.4 Å². The zero-order valence-corrected chi connectivity index (χ0v) is 18.2. The van der Waals surface area contributed by atoms with E-state index < -0.39 is 0 Å². The van der Waals surface area contributed by atoms with Gasteiger partial charge < -0.3 is 19.5 Å². The molecule has 0 fully saturated rings. The summed E-state index contributed by atoms with van der Waals surface area (Å²) < 4.78 is 5.99. The summed E-state index contributed by atoms with van der Waals surface area (Å²) in [6, 6.07) is 1.27. The first-order chi connectivity index (χ1) is 10.9. The molecule has 0 aromatic carbocycles. The van der Waals surface area contributed by atoms with Crippen LogP contribution in [0.4, 0.5) is 0 Å². The van der Waals surface area contributed by atoms with Gasteiger partial charge in [0.25, 0.3) is 0 Å². The van der Waals surface area contributed by atoms with Crippen LogP contribution >= 0.6 is 0 Å². The van der Waals surface area contributed by atoms with Crippen LogP contribution in [0, 0.1) is 0 Å². The molecule has 0 aliphatic carbocycles. The first-order valence-electron chi connectivity index (χ1n) is 9.64. The lowest BCUT2D eigenvalue weighted by Crippen LogP contribution is -2.33.